The number of hydrogen-bond acceptors (Lipinski definition) is 11. The lowest BCUT2D eigenvalue weighted by molar-refractivity contribution is -0.174. The smallest absolute Gasteiger partial charge is 0.394 e. The number of nitrogens with zero attached hydrogens (tertiary/aromatic N) is 2. The first-order chi connectivity index (χ1) is 21.6. The predicted molar refractivity (Wildman–Crippen MR) is 148 cm³/mol. The second-order valence-corrected chi connectivity index (χ2v) is 10.9. The Morgan fingerprint density at radius 3 is 2.22 bits per heavy atom. The van der Waals surface area contributed by atoms with Gasteiger partial charge in [0.2, 0.25) is 5.91 Å². The highest BCUT2D eigenvalue weighted by molar-refractivity contribution is 5.81. The number of aryl methyl sites for hydroxylation is 2. The standard InChI is InChI=1S/C26H33F3N6O11/c1-11-8-34(24(42)32-20(11)39)17-6-13(15(10-36)45-17)5-16(37)31-7-14-18(38)19(44-4-3-30-23(41)26(27,28)29)22(46-14)35-9-12(2)21(40)33-25(35)43/h8-9,13-15,17-19,22,36,38H,3-7,10H2,1-2H3,(H,30,41)(H,31,37)(H,32,39,42)(H,33,40,43)/t13-,14+,15+,17+,18+,19+,22+/m0/s1. The van der Waals surface area contributed by atoms with Gasteiger partial charge in [-0.2, -0.15) is 13.2 Å². The molecule has 0 unspecified atom stereocenters. The van der Waals surface area contributed by atoms with Crippen LogP contribution >= 0.6 is 0 Å². The first-order valence-electron chi connectivity index (χ1n) is 14.1. The first-order valence-corrected chi connectivity index (χ1v) is 14.1. The third-order valence-electron chi connectivity index (χ3n) is 7.63. The highest BCUT2D eigenvalue weighted by atomic mass is 19.4. The molecule has 0 saturated carbocycles. The molecule has 2 aromatic rings. The van der Waals surface area contributed by atoms with Gasteiger partial charge in [0.1, 0.15) is 24.5 Å². The molecule has 20 heteroatoms. The normalized spacial score (nSPS) is 26.3. The molecular formula is C26H33F3N6O11. The summed E-state index contributed by atoms with van der Waals surface area (Å²) in [7, 11) is 0. The number of aliphatic hydroxyl groups is 2. The van der Waals surface area contributed by atoms with Crippen molar-refractivity contribution < 1.29 is 47.2 Å². The Labute approximate surface area is 256 Å². The number of aromatic nitrogens is 4. The Morgan fingerprint density at radius 1 is 1.00 bits per heavy atom. The Bertz CT molecular complexity index is 1670. The highest BCUT2D eigenvalue weighted by Crippen LogP contribution is 2.35. The highest BCUT2D eigenvalue weighted by Gasteiger charge is 2.46. The van der Waals surface area contributed by atoms with Crippen molar-refractivity contribution in [3.8, 4) is 0 Å². The van der Waals surface area contributed by atoms with Crippen molar-refractivity contribution in [1.82, 2.24) is 29.7 Å². The molecule has 0 spiro atoms. The fraction of sp³-hybridized carbons (Fsp3) is 0.615. The van der Waals surface area contributed by atoms with Crippen molar-refractivity contribution in [2.75, 3.05) is 26.3 Å². The van der Waals surface area contributed by atoms with E-state index in [-0.39, 0.29) is 30.5 Å². The van der Waals surface area contributed by atoms with Crippen LogP contribution in [0.4, 0.5) is 13.2 Å². The van der Waals surface area contributed by atoms with Gasteiger partial charge in [-0.15, -0.1) is 0 Å². The van der Waals surface area contributed by atoms with Crippen LogP contribution in [0.2, 0.25) is 0 Å². The summed E-state index contributed by atoms with van der Waals surface area (Å²) in [5.41, 5.74) is -2.55. The summed E-state index contributed by atoms with van der Waals surface area (Å²) in [4.78, 5) is 76.6. The number of ether oxygens (including phenoxy) is 3. The van der Waals surface area contributed by atoms with Gasteiger partial charge in [0.25, 0.3) is 11.1 Å². The molecule has 2 aliphatic rings. The third-order valence-corrected chi connectivity index (χ3v) is 7.63. The Kier molecular flexibility index (Phi) is 10.7. The molecule has 7 atom stereocenters. The Hall–Kier alpha value is -4.11. The van der Waals surface area contributed by atoms with E-state index < -0.39 is 103 Å². The maximum atomic E-state index is 12.9. The number of alkyl halides is 3. The van der Waals surface area contributed by atoms with Crippen molar-refractivity contribution in [2.45, 2.75) is 69.7 Å². The zero-order chi connectivity index (χ0) is 33.9. The van der Waals surface area contributed by atoms with E-state index in [0.29, 0.717) is 0 Å². The van der Waals surface area contributed by atoms with Gasteiger partial charge in [-0.05, 0) is 20.3 Å². The molecule has 2 aromatic heterocycles. The number of amides is 2. The van der Waals surface area contributed by atoms with E-state index in [0.717, 1.165) is 15.3 Å². The minimum Gasteiger partial charge on any atom is -0.394 e. The average Bonchev–Trinajstić information content (AvgIpc) is 3.52. The molecule has 2 amide bonds. The molecule has 0 radical (unpaired) electrons. The maximum absolute atomic E-state index is 12.9. The lowest BCUT2D eigenvalue weighted by Crippen LogP contribution is -2.43. The average molecular weight is 663 g/mol. The maximum Gasteiger partial charge on any atom is 0.471 e. The van der Waals surface area contributed by atoms with Crippen LogP contribution in [0.25, 0.3) is 0 Å². The number of nitrogens with one attached hydrogen (secondary N) is 4. The van der Waals surface area contributed by atoms with Crippen LogP contribution in [0.15, 0.2) is 31.6 Å². The van der Waals surface area contributed by atoms with E-state index in [1.807, 2.05) is 0 Å². The number of hydrogen-bond donors (Lipinski definition) is 6. The fourth-order valence-electron chi connectivity index (χ4n) is 5.22. The number of carbonyl (C=O) groups excluding carboxylic acids is 2. The number of rotatable bonds is 11. The molecule has 0 aromatic carbocycles. The summed E-state index contributed by atoms with van der Waals surface area (Å²) in [6.07, 6.45) is -9.90. The van der Waals surface area contributed by atoms with Gasteiger partial charge in [-0.1, -0.05) is 0 Å². The van der Waals surface area contributed by atoms with Crippen molar-refractivity contribution in [1.29, 1.82) is 0 Å². The molecule has 4 rings (SSSR count). The van der Waals surface area contributed by atoms with Crippen LogP contribution in [0.5, 0.6) is 0 Å². The minimum absolute atomic E-state index is 0.0976. The summed E-state index contributed by atoms with van der Waals surface area (Å²) in [6, 6.07) is 0. The van der Waals surface area contributed by atoms with E-state index in [1.165, 1.54) is 20.0 Å². The van der Waals surface area contributed by atoms with Crippen LogP contribution in [-0.2, 0) is 23.8 Å². The monoisotopic (exact) mass is 662 g/mol. The van der Waals surface area contributed by atoms with Crippen molar-refractivity contribution in [2.24, 2.45) is 5.92 Å². The molecule has 0 aliphatic carbocycles. The van der Waals surface area contributed by atoms with E-state index in [9.17, 15) is 52.2 Å². The molecule has 4 heterocycles. The number of aliphatic hydroxyl groups excluding tert-OH is 2. The predicted octanol–water partition coefficient (Wildman–Crippen LogP) is -2.57. The summed E-state index contributed by atoms with van der Waals surface area (Å²) in [5, 5.41) is 25.0. The zero-order valence-electron chi connectivity index (χ0n) is 24.5. The van der Waals surface area contributed by atoms with E-state index >= 15 is 0 Å². The Morgan fingerprint density at radius 2 is 1.61 bits per heavy atom. The summed E-state index contributed by atoms with van der Waals surface area (Å²) in [5.74, 6) is -3.31. The van der Waals surface area contributed by atoms with Crippen LogP contribution in [0.3, 0.4) is 0 Å². The molecule has 254 valence electrons. The van der Waals surface area contributed by atoms with Gasteiger partial charge in [0.05, 0.1) is 19.3 Å². The summed E-state index contributed by atoms with van der Waals surface area (Å²) < 4.78 is 56.6. The molecule has 2 fully saturated rings. The number of H-pyrrole nitrogens is 2. The second kappa shape index (κ2) is 14.1. The molecular weight excluding hydrogens is 629 g/mol. The quantitative estimate of drug-likeness (QED) is 0.137. The van der Waals surface area contributed by atoms with Gasteiger partial charge < -0.3 is 35.1 Å². The van der Waals surface area contributed by atoms with Crippen molar-refractivity contribution in [3.63, 3.8) is 0 Å². The third kappa shape index (κ3) is 7.81. The van der Waals surface area contributed by atoms with Crippen molar-refractivity contribution in [3.05, 3.63) is 65.2 Å². The lowest BCUT2D eigenvalue weighted by Gasteiger charge is -2.22. The van der Waals surface area contributed by atoms with Gasteiger partial charge in [-0.25, -0.2) is 9.59 Å². The summed E-state index contributed by atoms with van der Waals surface area (Å²) >= 11 is 0. The van der Waals surface area contributed by atoms with Crippen LogP contribution in [0.1, 0.15) is 36.4 Å². The Balaban J connectivity index is 1.41. The van der Waals surface area contributed by atoms with Gasteiger partial charge in [0, 0.05) is 48.9 Å². The van der Waals surface area contributed by atoms with Crippen LogP contribution in [0, 0.1) is 19.8 Å². The molecule has 6 N–H and O–H groups in total. The number of carbonyl (C=O) groups is 2. The summed E-state index contributed by atoms with van der Waals surface area (Å²) in [6.45, 7) is 0.981. The van der Waals surface area contributed by atoms with Crippen molar-refractivity contribution >= 4 is 11.8 Å². The largest absolute Gasteiger partial charge is 0.471 e. The molecule has 46 heavy (non-hydrogen) atoms. The van der Waals surface area contributed by atoms with E-state index in [4.69, 9.17) is 14.2 Å². The van der Waals surface area contributed by atoms with E-state index in [1.54, 1.807) is 5.32 Å². The SMILES string of the molecule is Cc1cn([C@@H]2O[C@H](CNC(=O)C[C@H]3C[C@H](n4cc(C)c(=O)[nH]c4=O)O[C@@H]3CO)[C@@H](O)[C@H]2OCCNC(=O)C(F)(F)F)c(=O)[nH]c1=O. The van der Waals surface area contributed by atoms with Crippen LogP contribution in [-0.4, -0.2) is 98.0 Å². The molecule has 2 aliphatic heterocycles. The lowest BCUT2D eigenvalue weighted by atomic mass is 9.96. The van der Waals surface area contributed by atoms with Gasteiger partial charge in [-0.3, -0.25) is 38.3 Å². The molecule has 2 saturated heterocycles. The van der Waals surface area contributed by atoms with Gasteiger partial charge in [0.15, 0.2) is 6.23 Å². The van der Waals surface area contributed by atoms with Crippen LogP contribution < -0.4 is 33.1 Å². The first kappa shape index (κ1) is 34.8. The topological polar surface area (TPSA) is 236 Å². The molecule has 0 bridgehead atoms. The second-order valence-electron chi connectivity index (χ2n) is 10.9. The fourth-order valence-corrected chi connectivity index (χ4v) is 5.22. The minimum atomic E-state index is -5.12. The zero-order valence-corrected chi connectivity index (χ0v) is 24.5. The van der Waals surface area contributed by atoms with E-state index in [2.05, 4.69) is 15.3 Å². The molecule has 17 nitrogen and oxygen atoms in total. The number of halogens is 3. The van der Waals surface area contributed by atoms with Gasteiger partial charge >= 0.3 is 23.5 Å². The number of aromatic amines is 2.